The van der Waals surface area contributed by atoms with Gasteiger partial charge in [0.2, 0.25) is 0 Å². The summed E-state index contributed by atoms with van der Waals surface area (Å²) in [6.45, 7) is 2.49. The topological polar surface area (TPSA) is 26.0 Å². The van der Waals surface area contributed by atoms with Crippen molar-refractivity contribution in [1.82, 2.24) is 0 Å². The van der Waals surface area contributed by atoms with Crippen molar-refractivity contribution >= 4 is 0 Å². The van der Waals surface area contributed by atoms with Crippen molar-refractivity contribution in [2.24, 2.45) is 5.73 Å². The number of aryl methyl sites for hydroxylation is 1. The summed E-state index contributed by atoms with van der Waals surface area (Å²) >= 11 is 0. The predicted molar refractivity (Wildman–Crippen MR) is 82.8 cm³/mol. The first kappa shape index (κ1) is 16.6. The van der Waals surface area contributed by atoms with Crippen LogP contribution in [0.25, 0.3) is 0 Å². The van der Waals surface area contributed by atoms with Crippen molar-refractivity contribution in [1.29, 1.82) is 0 Å². The molecule has 1 unspecified atom stereocenters. The predicted octanol–water partition coefficient (Wildman–Crippen LogP) is 4.55. The Labute approximate surface area is 129 Å². The largest absolute Gasteiger partial charge is 0.416 e. The number of hydrogen-bond acceptors (Lipinski definition) is 1. The summed E-state index contributed by atoms with van der Waals surface area (Å²) in [7, 11) is 0. The van der Waals surface area contributed by atoms with E-state index in [0.717, 1.165) is 18.1 Å². The van der Waals surface area contributed by atoms with Crippen LogP contribution in [0.1, 0.15) is 35.1 Å². The smallest absolute Gasteiger partial charge is 0.330 e. The van der Waals surface area contributed by atoms with Gasteiger partial charge in [-0.2, -0.15) is 13.2 Å². The van der Waals surface area contributed by atoms with Gasteiger partial charge in [0.05, 0.1) is 5.56 Å². The fourth-order valence-electron chi connectivity index (χ4n) is 2.52. The highest BCUT2D eigenvalue weighted by Gasteiger charge is 2.30. The zero-order valence-corrected chi connectivity index (χ0v) is 12.5. The van der Waals surface area contributed by atoms with E-state index in [1.807, 2.05) is 24.3 Å². The van der Waals surface area contributed by atoms with Gasteiger partial charge in [-0.25, -0.2) is 0 Å². The second kappa shape index (κ2) is 6.97. The third kappa shape index (κ3) is 4.10. The summed E-state index contributed by atoms with van der Waals surface area (Å²) in [5.41, 5.74) is 8.17. The SMILES string of the molecule is CCc1ccc(C(CN)Cc2cccc(C(F)(F)F)c2)cc1. The number of halogens is 3. The number of rotatable bonds is 5. The molecule has 0 aromatic heterocycles. The Morgan fingerprint density at radius 1 is 1.00 bits per heavy atom. The highest BCUT2D eigenvalue weighted by molar-refractivity contribution is 5.30. The first-order valence-corrected chi connectivity index (χ1v) is 7.39. The van der Waals surface area contributed by atoms with E-state index < -0.39 is 11.7 Å². The fourth-order valence-corrected chi connectivity index (χ4v) is 2.52. The lowest BCUT2D eigenvalue weighted by molar-refractivity contribution is -0.137. The molecule has 0 saturated heterocycles. The van der Waals surface area contributed by atoms with Crippen LogP contribution in [0.5, 0.6) is 0 Å². The maximum Gasteiger partial charge on any atom is 0.416 e. The van der Waals surface area contributed by atoms with Gasteiger partial charge in [-0.1, -0.05) is 49.4 Å². The molecular formula is C18H20F3N. The molecule has 0 aliphatic carbocycles. The van der Waals surface area contributed by atoms with Crippen molar-refractivity contribution in [3.05, 3.63) is 70.8 Å². The fraction of sp³-hybridized carbons (Fsp3) is 0.333. The Kier molecular flexibility index (Phi) is 5.24. The zero-order valence-electron chi connectivity index (χ0n) is 12.5. The summed E-state index contributed by atoms with van der Waals surface area (Å²) in [4.78, 5) is 0. The molecule has 0 fully saturated rings. The molecule has 22 heavy (non-hydrogen) atoms. The van der Waals surface area contributed by atoms with Crippen LogP contribution in [0.15, 0.2) is 48.5 Å². The standard InChI is InChI=1S/C18H20F3N/c1-2-13-6-8-15(9-7-13)16(12-22)10-14-4-3-5-17(11-14)18(19,20)21/h3-9,11,16H,2,10,12,22H2,1H3. The van der Waals surface area contributed by atoms with Crippen molar-refractivity contribution in [3.63, 3.8) is 0 Å². The molecule has 0 aliphatic heterocycles. The first-order valence-electron chi connectivity index (χ1n) is 7.39. The van der Waals surface area contributed by atoms with Crippen molar-refractivity contribution < 1.29 is 13.2 Å². The Morgan fingerprint density at radius 2 is 1.68 bits per heavy atom. The average Bonchev–Trinajstić information content (AvgIpc) is 2.52. The van der Waals surface area contributed by atoms with Gasteiger partial charge in [0.15, 0.2) is 0 Å². The Bertz CT molecular complexity index is 602. The van der Waals surface area contributed by atoms with E-state index in [1.165, 1.54) is 17.7 Å². The molecule has 0 spiro atoms. The van der Waals surface area contributed by atoms with E-state index in [-0.39, 0.29) is 5.92 Å². The van der Waals surface area contributed by atoms with Crippen LogP contribution in [-0.4, -0.2) is 6.54 Å². The number of nitrogens with two attached hydrogens (primary N) is 1. The van der Waals surface area contributed by atoms with Crippen LogP contribution in [0, 0.1) is 0 Å². The molecule has 118 valence electrons. The molecule has 0 bridgehead atoms. The van der Waals surface area contributed by atoms with Crippen LogP contribution in [0.3, 0.4) is 0 Å². The highest BCUT2D eigenvalue weighted by atomic mass is 19.4. The number of hydrogen-bond donors (Lipinski definition) is 1. The minimum Gasteiger partial charge on any atom is -0.330 e. The summed E-state index contributed by atoms with van der Waals surface area (Å²) in [5.74, 6) is 0.0226. The van der Waals surface area contributed by atoms with Gasteiger partial charge in [0.25, 0.3) is 0 Å². The van der Waals surface area contributed by atoms with Gasteiger partial charge in [0, 0.05) is 5.92 Å². The third-order valence-electron chi connectivity index (χ3n) is 3.88. The molecule has 2 aromatic rings. The first-order chi connectivity index (χ1) is 10.4. The Balaban J connectivity index is 2.19. The molecule has 0 amide bonds. The van der Waals surface area contributed by atoms with Crippen LogP contribution < -0.4 is 5.73 Å². The van der Waals surface area contributed by atoms with Crippen LogP contribution in [0.4, 0.5) is 13.2 Å². The van der Waals surface area contributed by atoms with Gasteiger partial charge in [-0.15, -0.1) is 0 Å². The highest BCUT2D eigenvalue weighted by Crippen LogP contribution is 2.30. The molecule has 1 nitrogen and oxygen atoms in total. The third-order valence-corrected chi connectivity index (χ3v) is 3.88. The normalized spacial score (nSPS) is 13.1. The van der Waals surface area contributed by atoms with Gasteiger partial charge in [0.1, 0.15) is 0 Å². The van der Waals surface area contributed by atoms with Gasteiger partial charge in [-0.3, -0.25) is 0 Å². The summed E-state index contributed by atoms with van der Waals surface area (Å²) in [5, 5.41) is 0. The number of alkyl halides is 3. The summed E-state index contributed by atoms with van der Waals surface area (Å²) < 4.78 is 38.3. The molecule has 0 saturated carbocycles. The van der Waals surface area contributed by atoms with Crippen LogP contribution in [-0.2, 0) is 19.0 Å². The lowest BCUT2D eigenvalue weighted by Crippen LogP contribution is -2.15. The van der Waals surface area contributed by atoms with E-state index in [2.05, 4.69) is 6.92 Å². The molecule has 0 heterocycles. The number of benzene rings is 2. The summed E-state index contributed by atoms with van der Waals surface area (Å²) in [6.07, 6.45) is -2.84. The van der Waals surface area contributed by atoms with Crippen molar-refractivity contribution in [2.75, 3.05) is 6.54 Å². The van der Waals surface area contributed by atoms with Crippen LogP contribution in [0.2, 0.25) is 0 Å². The van der Waals surface area contributed by atoms with Gasteiger partial charge < -0.3 is 5.73 Å². The van der Waals surface area contributed by atoms with E-state index in [9.17, 15) is 13.2 Å². The minimum absolute atomic E-state index is 0.0226. The minimum atomic E-state index is -4.31. The quantitative estimate of drug-likeness (QED) is 0.861. The van der Waals surface area contributed by atoms with E-state index in [1.54, 1.807) is 6.07 Å². The second-order valence-electron chi connectivity index (χ2n) is 5.43. The van der Waals surface area contributed by atoms with Crippen molar-refractivity contribution in [2.45, 2.75) is 31.9 Å². The Hall–Kier alpha value is -1.81. The average molecular weight is 307 g/mol. The monoisotopic (exact) mass is 307 g/mol. The maximum absolute atomic E-state index is 12.8. The molecular weight excluding hydrogens is 287 g/mol. The molecule has 0 aliphatic rings. The second-order valence-corrected chi connectivity index (χ2v) is 5.43. The van der Waals surface area contributed by atoms with Crippen molar-refractivity contribution in [3.8, 4) is 0 Å². The molecule has 2 N–H and O–H groups in total. The molecule has 2 rings (SSSR count). The molecule has 1 atom stereocenters. The molecule has 4 heteroatoms. The van der Waals surface area contributed by atoms with Gasteiger partial charge >= 0.3 is 6.18 Å². The van der Waals surface area contributed by atoms with E-state index in [0.29, 0.717) is 18.5 Å². The van der Waals surface area contributed by atoms with E-state index >= 15 is 0 Å². The van der Waals surface area contributed by atoms with Gasteiger partial charge in [-0.05, 0) is 42.1 Å². The lowest BCUT2D eigenvalue weighted by Gasteiger charge is -2.17. The maximum atomic E-state index is 12.8. The molecule has 0 radical (unpaired) electrons. The van der Waals surface area contributed by atoms with E-state index in [4.69, 9.17) is 5.73 Å². The Morgan fingerprint density at radius 3 is 2.23 bits per heavy atom. The summed E-state index contributed by atoms with van der Waals surface area (Å²) in [6, 6.07) is 13.6. The zero-order chi connectivity index (χ0) is 16.2. The lowest BCUT2D eigenvalue weighted by atomic mass is 9.91. The van der Waals surface area contributed by atoms with Crippen LogP contribution >= 0.6 is 0 Å². The molecule has 2 aromatic carbocycles.